The van der Waals surface area contributed by atoms with E-state index < -0.39 is 0 Å². The Morgan fingerprint density at radius 2 is 0.780 bits per heavy atom. The van der Waals surface area contributed by atoms with Gasteiger partial charge in [-0.3, -0.25) is 4.98 Å². The van der Waals surface area contributed by atoms with Gasteiger partial charge >= 0.3 is 0 Å². The summed E-state index contributed by atoms with van der Waals surface area (Å²) in [6.45, 7) is 25.4. The Morgan fingerprint density at radius 3 is 1.10 bits per heavy atom. The highest BCUT2D eigenvalue weighted by Crippen LogP contribution is 2.41. The van der Waals surface area contributed by atoms with Crippen molar-refractivity contribution in [3.63, 3.8) is 0 Å². The Morgan fingerprint density at radius 1 is 0.440 bits per heavy atom. The van der Waals surface area contributed by atoms with Crippen LogP contribution in [-0.4, -0.2) is 4.98 Å². The first-order valence-corrected chi connectivity index (χ1v) is 17.1. The van der Waals surface area contributed by atoms with Crippen LogP contribution < -0.4 is 0 Å². The highest BCUT2D eigenvalue weighted by atomic mass is 15.1. The number of aromatic nitrogens is 1. The van der Waals surface area contributed by atoms with Crippen molar-refractivity contribution in [3.05, 3.63) is 101 Å². The monoisotopic (exact) mass is 655 g/mol. The zero-order chi connectivity index (χ0) is 36.7. The van der Waals surface area contributed by atoms with Crippen LogP contribution in [0.15, 0.2) is 89.4 Å². The average Bonchev–Trinajstić information content (AvgIpc) is 3.02. The SMILES string of the molecule is CC(C)(C)C#Cc1cc(C#CC(C)(C)C)cc(-c2cccc(-c3cc(C#CC(C)(C)C)cc(C#CC(C)(C)C)c3)c2N=Nc2ccncc2)c1. The molecule has 1 aromatic heterocycles. The van der Waals surface area contributed by atoms with Crippen molar-refractivity contribution in [2.45, 2.75) is 83.1 Å². The predicted molar refractivity (Wildman–Crippen MR) is 211 cm³/mol. The number of azo groups is 1. The molecule has 0 aliphatic carbocycles. The molecule has 252 valence electrons. The molecule has 3 heteroatoms. The summed E-state index contributed by atoms with van der Waals surface area (Å²) >= 11 is 0. The molecular weight excluding hydrogens is 607 g/mol. The van der Waals surface area contributed by atoms with E-state index in [-0.39, 0.29) is 21.7 Å². The molecule has 0 N–H and O–H groups in total. The summed E-state index contributed by atoms with van der Waals surface area (Å²) in [6.07, 6.45) is 3.44. The molecule has 3 nitrogen and oxygen atoms in total. The van der Waals surface area contributed by atoms with Crippen molar-refractivity contribution in [1.82, 2.24) is 4.98 Å². The molecule has 0 saturated heterocycles. The summed E-state index contributed by atoms with van der Waals surface area (Å²) in [5.74, 6) is 27.3. The zero-order valence-corrected chi connectivity index (χ0v) is 31.8. The van der Waals surface area contributed by atoms with Crippen molar-refractivity contribution in [3.8, 4) is 69.6 Å². The van der Waals surface area contributed by atoms with Crippen LogP contribution in [-0.2, 0) is 0 Å². The lowest BCUT2D eigenvalue weighted by atomic mass is 9.91. The highest BCUT2D eigenvalue weighted by Gasteiger charge is 2.16. The molecule has 0 atom stereocenters. The van der Waals surface area contributed by atoms with Crippen LogP contribution in [0.1, 0.15) is 105 Å². The molecule has 4 aromatic rings. The molecule has 0 aliphatic heterocycles. The third-order valence-electron chi connectivity index (χ3n) is 6.78. The maximum atomic E-state index is 4.94. The second-order valence-corrected chi connectivity index (χ2v) is 16.7. The van der Waals surface area contributed by atoms with Gasteiger partial charge in [-0.1, -0.05) is 65.6 Å². The van der Waals surface area contributed by atoms with Crippen LogP contribution in [0.25, 0.3) is 22.3 Å². The second-order valence-electron chi connectivity index (χ2n) is 16.7. The average molecular weight is 656 g/mol. The number of hydrogen-bond acceptors (Lipinski definition) is 3. The van der Waals surface area contributed by atoms with Gasteiger partial charge in [0.15, 0.2) is 0 Å². The van der Waals surface area contributed by atoms with Crippen LogP contribution in [0.5, 0.6) is 0 Å². The number of benzene rings is 3. The molecule has 0 aliphatic rings. The third-order valence-corrected chi connectivity index (χ3v) is 6.78. The Balaban J connectivity index is 2.06. The Hall–Kier alpha value is -5.35. The first kappa shape index (κ1) is 37.5. The minimum atomic E-state index is -0.147. The molecule has 0 fully saturated rings. The lowest BCUT2D eigenvalue weighted by molar-refractivity contribution is 0.570. The van der Waals surface area contributed by atoms with Gasteiger partial charge in [0.2, 0.25) is 0 Å². The first-order valence-electron chi connectivity index (χ1n) is 17.1. The molecular formula is C47H49N3. The van der Waals surface area contributed by atoms with E-state index in [1.54, 1.807) is 12.4 Å². The molecule has 4 rings (SSSR count). The Labute approximate surface area is 301 Å². The normalized spacial score (nSPS) is 11.7. The fourth-order valence-electron chi connectivity index (χ4n) is 4.53. The summed E-state index contributed by atoms with van der Waals surface area (Å²) in [5, 5.41) is 9.63. The van der Waals surface area contributed by atoms with Crippen molar-refractivity contribution in [2.75, 3.05) is 0 Å². The fourth-order valence-corrected chi connectivity index (χ4v) is 4.53. The summed E-state index contributed by atoms with van der Waals surface area (Å²) in [7, 11) is 0. The number of hydrogen-bond donors (Lipinski definition) is 0. The van der Waals surface area contributed by atoms with Gasteiger partial charge in [0.25, 0.3) is 0 Å². The van der Waals surface area contributed by atoms with E-state index >= 15 is 0 Å². The quantitative estimate of drug-likeness (QED) is 0.159. The maximum Gasteiger partial charge on any atom is 0.101 e. The van der Waals surface area contributed by atoms with E-state index in [9.17, 15) is 0 Å². The van der Waals surface area contributed by atoms with Gasteiger partial charge in [-0.2, -0.15) is 5.11 Å². The topological polar surface area (TPSA) is 37.6 Å². The van der Waals surface area contributed by atoms with Gasteiger partial charge < -0.3 is 0 Å². The fraction of sp³-hybridized carbons (Fsp3) is 0.340. The molecule has 3 aromatic carbocycles. The summed E-state index contributed by atoms with van der Waals surface area (Å²) in [4.78, 5) is 4.15. The van der Waals surface area contributed by atoms with Gasteiger partial charge in [-0.25, -0.2) is 0 Å². The summed E-state index contributed by atoms with van der Waals surface area (Å²) in [6, 6.07) is 22.6. The van der Waals surface area contributed by atoms with Crippen molar-refractivity contribution in [1.29, 1.82) is 0 Å². The van der Waals surface area contributed by atoms with E-state index in [1.165, 1.54) is 0 Å². The van der Waals surface area contributed by atoms with Crippen LogP contribution in [0.3, 0.4) is 0 Å². The van der Waals surface area contributed by atoms with Gasteiger partial charge in [0, 0.05) is 67.4 Å². The van der Waals surface area contributed by atoms with Crippen LogP contribution in [0.2, 0.25) is 0 Å². The van der Waals surface area contributed by atoms with Crippen molar-refractivity contribution < 1.29 is 0 Å². The maximum absolute atomic E-state index is 4.94. The molecule has 0 unspecified atom stereocenters. The zero-order valence-electron chi connectivity index (χ0n) is 31.8. The third kappa shape index (κ3) is 12.3. The minimum Gasteiger partial charge on any atom is -0.265 e. The highest BCUT2D eigenvalue weighted by molar-refractivity contribution is 5.89. The number of rotatable bonds is 4. The number of pyridine rings is 1. The molecule has 0 amide bonds. The van der Waals surface area contributed by atoms with Crippen molar-refractivity contribution >= 4 is 11.4 Å². The van der Waals surface area contributed by atoms with E-state index in [4.69, 9.17) is 5.11 Å². The standard InChI is InChI=1S/C47H49N3/c1-44(2,3)22-16-34-28-35(17-23-45(4,5)6)31-38(30-34)41-14-13-15-42(43(41)50-49-40-20-26-48-27-21-40)39-32-36(18-24-46(7,8)9)29-37(33-39)19-25-47(10,11)12/h13-15,20-21,26-33H,1-12H3. The predicted octanol–water partition coefficient (Wildman–Crippen LogP) is 12.4. The first-order chi connectivity index (χ1) is 23.2. The lowest BCUT2D eigenvalue weighted by Crippen LogP contribution is -2.00. The van der Waals surface area contributed by atoms with Gasteiger partial charge in [-0.05, 0) is 143 Å². The molecule has 50 heavy (non-hydrogen) atoms. The lowest BCUT2D eigenvalue weighted by Gasteiger charge is -2.14. The molecule has 0 radical (unpaired) electrons. The minimum absolute atomic E-state index is 0.147. The molecule has 1 heterocycles. The molecule has 0 bridgehead atoms. The summed E-state index contributed by atoms with van der Waals surface area (Å²) < 4.78 is 0. The van der Waals surface area contributed by atoms with Gasteiger partial charge in [-0.15, -0.1) is 5.11 Å². The van der Waals surface area contributed by atoms with E-state index in [1.807, 2.05) is 12.1 Å². The van der Waals surface area contributed by atoms with Crippen LogP contribution in [0, 0.1) is 69.0 Å². The molecule has 0 saturated carbocycles. The summed E-state index contributed by atoms with van der Waals surface area (Å²) in [5.41, 5.74) is 8.23. The van der Waals surface area contributed by atoms with Gasteiger partial charge in [0.05, 0.1) is 5.69 Å². The number of nitrogens with zero attached hydrogens (tertiary/aromatic N) is 3. The van der Waals surface area contributed by atoms with E-state index in [0.717, 1.165) is 50.2 Å². The van der Waals surface area contributed by atoms with Crippen molar-refractivity contribution in [2.24, 2.45) is 31.9 Å². The smallest absolute Gasteiger partial charge is 0.101 e. The van der Waals surface area contributed by atoms with E-state index in [2.05, 4.69) is 195 Å². The largest absolute Gasteiger partial charge is 0.265 e. The van der Waals surface area contributed by atoms with Crippen LogP contribution in [0.4, 0.5) is 11.4 Å². The molecule has 0 spiro atoms. The van der Waals surface area contributed by atoms with Gasteiger partial charge in [0.1, 0.15) is 5.69 Å². The Kier molecular flexibility index (Phi) is 11.3. The second kappa shape index (κ2) is 15.0. The van der Waals surface area contributed by atoms with E-state index in [0.29, 0.717) is 5.69 Å². The Bertz CT molecular complexity index is 1910. The van der Waals surface area contributed by atoms with Crippen LogP contribution >= 0.6 is 0 Å².